The maximum atomic E-state index is 10.8. The highest BCUT2D eigenvalue weighted by atomic mass is 16.6. The monoisotopic (exact) mass is 221 g/mol. The number of methoxy groups -OCH3 is 2. The molecule has 0 unspecified atom stereocenters. The zero-order valence-corrected chi connectivity index (χ0v) is 9.02. The molecular formula is C11H11NO4. The van der Waals surface area contributed by atoms with Crippen molar-refractivity contribution in [3.63, 3.8) is 0 Å². The number of nitrogens with zero attached hydrogens (tertiary/aromatic N) is 1. The average Bonchev–Trinajstić information content (AvgIpc) is 2.28. The van der Waals surface area contributed by atoms with E-state index < -0.39 is 4.92 Å². The summed E-state index contributed by atoms with van der Waals surface area (Å²) in [6.45, 7) is 0. The Morgan fingerprint density at radius 1 is 1.44 bits per heavy atom. The van der Waals surface area contributed by atoms with Gasteiger partial charge in [0.2, 0.25) is 5.75 Å². The molecule has 0 N–H and O–H groups in total. The molecule has 0 aromatic heterocycles. The molecule has 0 heterocycles. The standard InChI is InChI=1S/C11H11NO4/c1-4-5-8-6-9(12(13)14)11(16-3)10(7-8)15-2/h1,6-7H,5H2,2-3H3. The van der Waals surface area contributed by atoms with Crippen molar-refractivity contribution in [3.05, 3.63) is 27.8 Å². The van der Waals surface area contributed by atoms with E-state index in [4.69, 9.17) is 15.9 Å². The van der Waals surface area contributed by atoms with Crippen molar-refractivity contribution in [1.29, 1.82) is 0 Å². The zero-order valence-electron chi connectivity index (χ0n) is 9.02. The smallest absolute Gasteiger partial charge is 0.315 e. The van der Waals surface area contributed by atoms with Crippen LogP contribution in [-0.2, 0) is 6.42 Å². The second-order valence-electron chi connectivity index (χ2n) is 2.99. The van der Waals surface area contributed by atoms with Gasteiger partial charge in [0.15, 0.2) is 5.75 Å². The number of rotatable bonds is 4. The van der Waals surface area contributed by atoms with Crippen LogP contribution in [0.5, 0.6) is 11.5 Å². The van der Waals surface area contributed by atoms with Gasteiger partial charge in [-0.25, -0.2) is 0 Å². The molecule has 5 heteroatoms. The first kappa shape index (κ1) is 11.9. The fourth-order valence-electron chi connectivity index (χ4n) is 1.36. The van der Waals surface area contributed by atoms with Crippen LogP contribution in [0.2, 0.25) is 0 Å². The van der Waals surface area contributed by atoms with Gasteiger partial charge in [-0.1, -0.05) is 0 Å². The highest BCUT2D eigenvalue weighted by Gasteiger charge is 2.20. The van der Waals surface area contributed by atoms with Crippen LogP contribution < -0.4 is 9.47 Å². The van der Waals surface area contributed by atoms with E-state index in [1.165, 1.54) is 20.3 Å². The molecule has 0 spiro atoms. The van der Waals surface area contributed by atoms with E-state index in [1.807, 2.05) is 0 Å². The third kappa shape index (κ3) is 2.23. The number of nitro groups is 1. The van der Waals surface area contributed by atoms with Gasteiger partial charge in [0.25, 0.3) is 0 Å². The molecule has 0 radical (unpaired) electrons. The molecule has 0 aliphatic heterocycles. The molecule has 1 rings (SSSR count). The maximum absolute atomic E-state index is 10.8. The zero-order chi connectivity index (χ0) is 12.1. The molecule has 5 nitrogen and oxygen atoms in total. The van der Waals surface area contributed by atoms with E-state index in [-0.39, 0.29) is 11.4 Å². The Labute approximate surface area is 93.1 Å². The van der Waals surface area contributed by atoms with Crippen LogP contribution in [0.3, 0.4) is 0 Å². The van der Waals surface area contributed by atoms with E-state index in [1.54, 1.807) is 6.07 Å². The molecule has 0 saturated heterocycles. The summed E-state index contributed by atoms with van der Waals surface area (Å²) in [7, 11) is 2.77. The van der Waals surface area contributed by atoms with Crippen molar-refractivity contribution >= 4 is 5.69 Å². The van der Waals surface area contributed by atoms with Gasteiger partial charge in [0.1, 0.15) is 0 Å². The number of terminal acetylenes is 1. The molecule has 16 heavy (non-hydrogen) atoms. The van der Waals surface area contributed by atoms with Crippen LogP contribution in [0.4, 0.5) is 5.69 Å². The Morgan fingerprint density at radius 2 is 2.12 bits per heavy atom. The lowest BCUT2D eigenvalue weighted by Crippen LogP contribution is -1.98. The summed E-state index contributed by atoms with van der Waals surface area (Å²) in [5.74, 6) is 2.83. The van der Waals surface area contributed by atoms with Crippen molar-refractivity contribution < 1.29 is 14.4 Å². The topological polar surface area (TPSA) is 61.6 Å². The molecule has 0 fully saturated rings. The molecular weight excluding hydrogens is 210 g/mol. The quantitative estimate of drug-likeness (QED) is 0.441. The van der Waals surface area contributed by atoms with E-state index in [9.17, 15) is 10.1 Å². The summed E-state index contributed by atoms with van der Waals surface area (Å²) in [4.78, 5) is 10.3. The van der Waals surface area contributed by atoms with Crippen molar-refractivity contribution in [3.8, 4) is 23.8 Å². The predicted molar refractivity (Wildman–Crippen MR) is 58.7 cm³/mol. The molecule has 0 aliphatic carbocycles. The highest BCUT2D eigenvalue weighted by Crippen LogP contribution is 2.37. The SMILES string of the molecule is C#CCc1cc(OC)c(OC)c([N+](=O)[O-])c1. The van der Waals surface area contributed by atoms with Gasteiger partial charge in [0, 0.05) is 12.5 Å². The number of hydrogen-bond acceptors (Lipinski definition) is 4. The number of ether oxygens (including phenoxy) is 2. The molecule has 84 valence electrons. The van der Waals surface area contributed by atoms with Crippen molar-refractivity contribution in [2.45, 2.75) is 6.42 Å². The van der Waals surface area contributed by atoms with Crippen LogP contribution in [0.1, 0.15) is 5.56 Å². The largest absolute Gasteiger partial charge is 0.493 e. The van der Waals surface area contributed by atoms with E-state index in [0.29, 0.717) is 17.7 Å². The van der Waals surface area contributed by atoms with Gasteiger partial charge in [-0.2, -0.15) is 0 Å². The van der Waals surface area contributed by atoms with Crippen LogP contribution >= 0.6 is 0 Å². The fraction of sp³-hybridized carbons (Fsp3) is 0.273. The first-order chi connectivity index (χ1) is 7.63. The van der Waals surface area contributed by atoms with Gasteiger partial charge in [-0.05, 0) is 11.6 Å². The van der Waals surface area contributed by atoms with Crippen LogP contribution in [0.25, 0.3) is 0 Å². The summed E-state index contributed by atoms with van der Waals surface area (Å²) in [5, 5.41) is 10.8. The van der Waals surface area contributed by atoms with E-state index in [2.05, 4.69) is 5.92 Å². The molecule has 0 saturated carbocycles. The Balaban J connectivity index is 3.38. The Hall–Kier alpha value is -2.22. The summed E-state index contributed by atoms with van der Waals surface area (Å²) in [5.41, 5.74) is 0.499. The minimum atomic E-state index is -0.526. The molecule has 0 atom stereocenters. The lowest BCUT2D eigenvalue weighted by molar-refractivity contribution is -0.385. The van der Waals surface area contributed by atoms with Gasteiger partial charge in [-0.15, -0.1) is 12.3 Å². The van der Waals surface area contributed by atoms with Gasteiger partial charge >= 0.3 is 5.69 Å². The van der Waals surface area contributed by atoms with Crippen LogP contribution in [-0.4, -0.2) is 19.1 Å². The predicted octanol–water partition coefficient (Wildman–Crippen LogP) is 1.79. The third-order valence-corrected chi connectivity index (χ3v) is 2.02. The first-order valence-electron chi connectivity index (χ1n) is 4.46. The minimum Gasteiger partial charge on any atom is -0.493 e. The second-order valence-corrected chi connectivity index (χ2v) is 2.99. The van der Waals surface area contributed by atoms with Gasteiger partial charge in [0.05, 0.1) is 19.1 Å². The molecule has 1 aromatic rings. The minimum absolute atomic E-state index is 0.105. The molecule has 1 aromatic carbocycles. The molecule has 0 bridgehead atoms. The Kier molecular flexibility index (Phi) is 3.72. The number of benzene rings is 1. The highest BCUT2D eigenvalue weighted by molar-refractivity contribution is 5.58. The normalized spacial score (nSPS) is 9.31. The molecule has 0 amide bonds. The van der Waals surface area contributed by atoms with Crippen LogP contribution in [0.15, 0.2) is 12.1 Å². The first-order valence-corrected chi connectivity index (χ1v) is 4.46. The third-order valence-electron chi connectivity index (χ3n) is 2.02. The van der Waals surface area contributed by atoms with Gasteiger partial charge in [-0.3, -0.25) is 10.1 Å². The van der Waals surface area contributed by atoms with Gasteiger partial charge < -0.3 is 9.47 Å². The van der Waals surface area contributed by atoms with Crippen molar-refractivity contribution in [2.75, 3.05) is 14.2 Å². The number of hydrogen-bond donors (Lipinski definition) is 0. The lowest BCUT2D eigenvalue weighted by atomic mass is 10.1. The lowest BCUT2D eigenvalue weighted by Gasteiger charge is -2.09. The van der Waals surface area contributed by atoms with E-state index >= 15 is 0 Å². The van der Waals surface area contributed by atoms with Crippen molar-refractivity contribution in [1.82, 2.24) is 0 Å². The summed E-state index contributed by atoms with van der Waals surface area (Å²) >= 11 is 0. The average molecular weight is 221 g/mol. The van der Waals surface area contributed by atoms with Crippen molar-refractivity contribution in [2.24, 2.45) is 0 Å². The summed E-state index contributed by atoms with van der Waals surface area (Å²) < 4.78 is 9.96. The summed E-state index contributed by atoms with van der Waals surface area (Å²) in [6, 6.07) is 3.02. The Bertz CT molecular complexity index is 448. The van der Waals surface area contributed by atoms with Crippen LogP contribution in [0, 0.1) is 22.5 Å². The summed E-state index contributed by atoms with van der Waals surface area (Å²) in [6.07, 6.45) is 5.46. The maximum Gasteiger partial charge on any atom is 0.315 e. The fourth-order valence-corrected chi connectivity index (χ4v) is 1.36. The Morgan fingerprint density at radius 3 is 2.56 bits per heavy atom. The second kappa shape index (κ2) is 5.03. The number of nitro benzene ring substituents is 1. The molecule has 0 aliphatic rings. The van der Waals surface area contributed by atoms with E-state index in [0.717, 1.165) is 0 Å².